The van der Waals surface area contributed by atoms with E-state index in [1.165, 1.54) is 50.7 Å². The standard InChI is InChI=1S/C19H24N2O3/c22-18(16-2-1-3-17(9-16)21(23)24)20-5-4-19-10-13-6-14(11-19)8-15(7-13)12-19/h1-3,9,13-15H,4-8,10-12H2,(H,20,22). The molecule has 0 aromatic heterocycles. The number of carbonyl (C=O) groups is 1. The van der Waals surface area contributed by atoms with E-state index in [0.29, 0.717) is 17.5 Å². The molecule has 0 saturated heterocycles. The van der Waals surface area contributed by atoms with Gasteiger partial charge in [-0.05, 0) is 74.2 Å². The monoisotopic (exact) mass is 328 g/mol. The van der Waals surface area contributed by atoms with Gasteiger partial charge in [0.1, 0.15) is 0 Å². The number of benzene rings is 1. The quantitative estimate of drug-likeness (QED) is 0.657. The Kier molecular flexibility index (Phi) is 3.82. The van der Waals surface area contributed by atoms with Crippen LogP contribution in [0.3, 0.4) is 0 Å². The summed E-state index contributed by atoms with van der Waals surface area (Å²) in [6, 6.07) is 5.95. The van der Waals surface area contributed by atoms with Crippen LogP contribution in [0.4, 0.5) is 5.69 Å². The summed E-state index contributed by atoms with van der Waals surface area (Å²) in [5.74, 6) is 2.56. The smallest absolute Gasteiger partial charge is 0.270 e. The van der Waals surface area contributed by atoms with Crippen molar-refractivity contribution in [1.29, 1.82) is 0 Å². The maximum Gasteiger partial charge on any atom is 0.270 e. The maximum atomic E-state index is 12.3. The first-order valence-electron chi connectivity index (χ1n) is 9.06. The highest BCUT2D eigenvalue weighted by Gasteiger charge is 2.50. The van der Waals surface area contributed by atoms with Crippen molar-refractivity contribution in [3.63, 3.8) is 0 Å². The van der Waals surface area contributed by atoms with Crippen LogP contribution in [0.1, 0.15) is 55.3 Å². The summed E-state index contributed by atoms with van der Waals surface area (Å²) in [6.45, 7) is 0.674. The summed E-state index contributed by atoms with van der Waals surface area (Å²) in [5, 5.41) is 13.8. The topological polar surface area (TPSA) is 72.2 Å². The molecule has 4 saturated carbocycles. The summed E-state index contributed by atoms with van der Waals surface area (Å²) in [7, 11) is 0. The van der Waals surface area contributed by atoms with Gasteiger partial charge in [0.15, 0.2) is 0 Å². The van der Waals surface area contributed by atoms with Crippen molar-refractivity contribution in [3.05, 3.63) is 39.9 Å². The highest BCUT2D eigenvalue weighted by Crippen LogP contribution is 2.61. The fourth-order valence-corrected chi connectivity index (χ4v) is 5.90. The van der Waals surface area contributed by atoms with Gasteiger partial charge in [-0.2, -0.15) is 0 Å². The molecule has 5 rings (SSSR count). The largest absolute Gasteiger partial charge is 0.352 e. The lowest BCUT2D eigenvalue weighted by Crippen LogP contribution is -2.47. The van der Waals surface area contributed by atoms with Gasteiger partial charge in [-0.15, -0.1) is 0 Å². The van der Waals surface area contributed by atoms with E-state index in [0.717, 1.165) is 24.2 Å². The maximum absolute atomic E-state index is 12.3. The van der Waals surface area contributed by atoms with Crippen molar-refractivity contribution >= 4 is 11.6 Å². The average Bonchev–Trinajstić information content (AvgIpc) is 2.53. The summed E-state index contributed by atoms with van der Waals surface area (Å²) in [6.07, 6.45) is 9.36. The number of hydrogen-bond acceptors (Lipinski definition) is 3. The minimum atomic E-state index is -0.466. The molecule has 1 aromatic rings. The molecule has 0 atom stereocenters. The van der Waals surface area contributed by atoms with Gasteiger partial charge in [-0.25, -0.2) is 0 Å². The second kappa shape index (κ2) is 5.87. The molecule has 0 radical (unpaired) electrons. The van der Waals surface area contributed by atoms with E-state index in [1.807, 2.05) is 0 Å². The fourth-order valence-electron chi connectivity index (χ4n) is 5.90. The zero-order valence-electron chi connectivity index (χ0n) is 13.9. The highest BCUT2D eigenvalue weighted by molar-refractivity contribution is 5.94. The molecule has 0 spiro atoms. The van der Waals surface area contributed by atoms with Crippen LogP contribution in [0.2, 0.25) is 0 Å². The van der Waals surface area contributed by atoms with Crippen molar-refractivity contribution in [2.24, 2.45) is 23.2 Å². The lowest BCUT2D eigenvalue weighted by Gasteiger charge is -2.57. The Morgan fingerprint density at radius 1 is 1.17 bits per heavy atom. The lowest BCUT2D eigenvalue weighted by molar-refractivity contribution is -0.384. The van der Waals surface area contributed by atoms with Crippen molar-refractivity contribution in [3.8, 4) is 0 Å². The molecule has 24 heavy (non-hydrogen) atoms. The van der Waals surface area contributed by atoms with Gasteiger partial charge < -0.3 is 5.32 Å². The molecule has 1 aromatic carbocycles. The minimum Gasteiger partial charge on any atom is -0.352 e. The molecule has 4 bridgehead atoms. The van der Waals surface area contributed by atoms with Gasteiger partial charge in [0.05, 0.1) is 4.92 Å². The van der Waals surface area contributed by atoms with Gasteiger partial charge in [0.2, 0.25) is 0 Å². The molecule has 0 aliphatic heterocycles. The SMILES string of the molecule is O=C(NCCC12CC3CC(CC(C3)C1)C2)c1cccc([N+](=O)[O-])c1. The van der Waals surface area contributed by atoms with Crippen LogP contribution in [0, 0.1) is 33.3 Å². The van der Waals surface area contributed by atoms with E-state index >= 15 is 0 Å². The second-order valence-electron chi connectivity index (χ2n) is 8.23. The number of amides is 1. The Bertz CT molecular complexity index is 635. The van der Waals surface area contributed by atoms with Crippen molar-refractivity contribution in [2.75, 3.05) is 6.54 Å². The van der Waals surface area contributed by atoms with Gasteiger partial charge in [-0.3, -0.25) is 14.9 Å². The van der Waals surface area contributed by atoms with E-state index in [-0.39, 0.29) is 11.6 Å². The van der Waals surface area contributed by atoms with Crippen LogP contribution in [-0.2, 0) is 0 Å². The van der Waals surface area contributed by atoms with Gasteiger partial charge in [0.25, 0.3) is 11.6 Å². The number of nitro groups is 1. The Morgan fingerprint density at radius 2 is 1.79 bits per heavy atom. The van der Waals surface area contributed by atoms with Crippen LogP contribution in [0.15, 0.2) is 24.3 Å². The van der Waals surface area contributed by atoms with Gasteiger partial charge in [-0.1, -0.05) is 6.07 Å². The first kappa shape index (κ1) is 15.6. The summed E-state index contributed by atoms with van der Waals surface area (Å²) < 4.78 is 0. The number of nitro benzene ring substituents is 1. The molecule has 1 N–H and O–H groups in total. The van der Waals surface area contributed by atoms with Crippen LogP contribution in [0.5, 0.6) is 0 Å². The van der Waals surface area contributed by atoms with E-state index < -0.39 is 4.92 Å². The predicted molar refractivity (Wildman–Crippen MR) is 90.7 cm³/mol. The van der Waals surface area contributed by atoms with Gasteiger partial charge in [0, 0.05) is 24.2 Å². The van der Waals surface area contributed by atoms with E-state index in [1.54, 1.807) is 12.1 Å². The first-order chi connectivity index (χ1) is 11.5. The molecule has 0 unspecified atom stereocenters. The lowest BCUT2D eigenvalue weighted by atomic mass is 9.49. The molecule has 0 heterocycles. The second-order valence-corrected chi connectivity index (χ2v) is 8.23. The molecule has 4 aliphatic rings. The van der Waals surface area contributed by atoms with Crippen molar-refractivity contribution < 1.29 is 9.72 Å². The fraction of sp³-hybridized carbons (Fsp3) is 0.632. The number of carbonyl (C=O) groups excluding carboxylic acids is 1. The Balaban J connectivity index is 1.35. The first-order valence-corrected chi connectivity index (χ1v) is 9.06. The third-order valence-electron chi connectivity index (χ3n) is 6.43. The number of rotatable bonds is 5. The van der Waals surface area contributed by atoms with Crippen LogP contribution in [0.25, 0.3) is 0 Å². The zero-order valence-corrected chi connectivity index (χ0v) is 13.9. The molecule has 1 amide bonds. The number of hydrogen-bond donors (Lipinski definition) is 1. The van der Waals surface area contributed by atoms with E-state index in [2.05, 4.69) is 5.32 Å². The molecule has 5 nitrogen and oxygen atoms in total. The molecule has 5 heteroatoms. The number of nitrogens with zero attached hydrogens (tertiary/aromatic N) is 1. The molecular weight excluding hydrogens is 304 g/mol. The van der Waals surface area contributed by atoms with Crippen LogP contribution < -0.4 is 5.32 Å². The third-order valence-corrected chi connectivity index (χ3v) is 6.43. The predicted octanol–water partition coefficient (Wildman–Crippen LogP) is 3.93. The zero-order chi connectivity index (χ0) is 16.7. The molecular formula is C19H24N2O3. The Labute approximate surface area is 142 Å². The third kappa shape index (κ3) is 2.92. The molecule has 128 valence electrons. The van der Waals surface area contributed by atoms with Gasteiger partial charge >= 0.3 is 0 Å². The van der Waals surface area contributed by atoms with Crippen molar-refractivity contribution in [2.45, 2.75) is 44.9 Å². The molecule has 4 fully saturated rings. The van der Waals surface area contributed by atoms with Crippen LogP contribution >= 0.6 is 0 Å². The summed E-state index contributed by atoms with van der Waals surface area (Å²) in [4.78, 5) is 22.6. The normalized spacial score (nSPS) is 33.4. The van der Waals surface area contributed by atoms with E-state index in [9.17, 15) is 14.9 Å². The van der Waals surface area contributed by atoms with Crippen molar-refractivity contribution in [1.82, 2.24) is 5.32 Å². The summed E-state index contributed by atoms with van der Waals surface area (Å²) in [5.41, 5.74) is 0.781. The highest BCUT2D eigenvalue weighted by atomic mass is 16.6. The average molecular weight is 328 g/mol. The number of nitrogens with one attached hydrogen (secondary N) is 1. The summed E-state index contributed by atoms with van der Waals surface area (Å²) >= 11 is 0. The van der Waals surface area contributed by atoms with Crippen LogP contribution in [-0.4, -0.2) is 17.4 Å². The molecule has 4 aliphatic carbocycles. The Morgan fingerprint density at radius 3 is 2.38 bits per heavy atom. The number of non-ortho nitro benzene ring substituents is 1. The van der Waals surface area contributed by atoms with E-state index in [4.69, 9.17) is 0 Å². The Hall–Kier alpha value is -1.91. The minimum absolute atomic E-state index is 0.0382.